The van der Waals surface area contributed by atoms with Crippen LogP contribution in [0.25, 0.3) is 0 Å². The number of aromatic nitrogens is 1. The molecule has 0 saturated carbocycles. The van der Waals surface area contributed by atoms with Gasteiger partial charge in [0, 0.05) is 23.4 Å². The Kier molecular flexibility index (Phi) is 4.06. The minimum Gasteiger partial charge on any atom is -0.488 e. The molecule has 1 aromatic carbocycles. The predicted molar refractivity (Wildman–Crippen MR) is 85.1 cm³/mol. The fraction of sp³-hybridized carbons (Fsp3) is 0.353. The molecule has 0 spiro atoms. The van der Waals surface area contributed by atoms with Crippen molar-refractivity contribution in [1.29, 1.82) is 0 Å². The third-order valence-electron chi connectivity index (χ3n) is 4.10. The highest BCUT2D eigenvalue weighted by molar-refractivity contribution is 7.92. The highest BCUT2D eigenvalue weighted by atomic mass is 32.2. The van der Waals surface area contributed by atoms with Gasteiger partial charge in [0.25, 0.3) is 9.84 Å². The van der Waals surface area contributed by atoms with Gasteiger partial charge in [-0.05, 0) is 50.6 Å². The molecule has 0 fully saturated rings. The van der Waals surface area contributed by atoms with E-state index in [1.165, 1.54) is 6.07 Å². The van der Waals surface area contributed by atoms with Gasteiger partial charge in [-0.2, -0.15) is 13.2 Å². The first kappa shape index (κ1) is 17.7. The van der Waals surface area contributed by atoms with Crippen molar-refractivity contribution in [3.05, 3.63) is 53.9 Å². The van der Waals surface area contributed by atoms with E-state index in [0.29, 0.717) is 23.4 Å². The first-order valence-electron chi connectivity index (χ1n) is 7.56. The van der Waals surface area contributed by atoms with Crippen LogP contribution in [-0.2, 0) is 9.84 Å². The molecule has 3 rings (SSSR count). The predicted octanol–water partition coefficient (Wildman–Crippen LogP) is 4.07. The zero-order valence-electron chi connectivity index (χ0n) is 13.5. The van der Waals surface area contributed by atoms with Gasteiger partial charge in [0.1, 0.15) is 11.4 Å². The quantitative estimate of drug-likeness (QED) is 0.799. The SMILES string of the molecule is CC1(C)CC(c2ccccn2)c2cc(S(=O)(=O)C(F)(F)F)ccc2O1. The van der Waals surface area contributed by atoms with Crippen LogP contribution >= 0.6 is 0 Å². The number of fused-ring (bicyclic) bond motifs is 1. The van der Waals surface area contributed by atoms with Gasteiger partial charge >= 0.3 is 5.51 Å². The first-order valence-corrected chi connectivity index (χ1v) is 9.05. The highest BCUT2D eigenvalue weighted by Crippen LogP contribution is 2.45. The number of ether oxygens (including phenoxy) is 1. The van der Waals surface area contributed by atoms with Crippen LogP contribution in [0.5, 0.6) is 5.75 Å². The zero-order chi connectivity index (χ0) is 18.5. The molecule has 4 nitrogen and oxygen atoms in total. The summed E-state index contributed by atoms with van der Waals surface area (Å²) < 4.78 is 67.9. The lowest BCUT2D eigenvalue weighted by atomic mass is 9.82. The summed E-state index contributed by atoms with van der Waals surface area (Å²) in [4.78, 5) is 3.49. The Morgan fingerprint density at radius 1 is 1.20 bits per heavy atom. The van der Waals surface area contributed by atoms with Crippen molar-refractivity contribution in [2.24, 2.45) is 0 Å². The van der Waals surface area contributed by atoms with Gasteiger partial charge in [-0.25, -0.2) is 8.42 Å². The molecule has 1 aliphatic rings. The van der Waals surface area contributed by atoms with Gasteiger partial charge in [-0.15, -0.1) is 0 Å². The van der Waals surface area contributed by atoms with Gasteiger partial charge < -0.3 is 4.74 Å². The van der Waals surface area contributed by atoms with E-state index in [4.69, 9.17) is 4.74 Å². The summed E-state index contributed by atoms with van der Waals surface area (Å²) in [6.07, 6.45) is 2.06. The van der Waals surface area contributed by atoms with Crippen LogP contribution in [0.1, 0.15) is 37.4 Å². The summed E-state index contributed by atoms with van der Waals surface area (Å²) in [5.74, 6) is 0.0105. The second kappa shape index (κ2) is 5.72. The lowest BCUT2D eigenvalue weighted by Crippen LogP contribution is -2.35. The molecule has 2 heterocycles. The summed E-state index contributed by atoms with van der Waals surface area (Å²) >= 11 is 0. The number of halogens is 3. The summed E-state index contributed by atoms with van der Waals surface area (Å²) in [5, 5.41) is 0. The van der Waals surface area contributed by atoms with Crippen LogP contribution in [0.15, 0.2) is 47.5 Å². The van der Waals surface area contributed by atoms with E-state index in [2.05, 4.69) is 4.98 Å². The third kappa shape index (κ3) is 3.22. The van der Waals surface area contributed by atoms with E-state index in [9.17, 15) is 21.6 Å². The number of hydrogen-bond donors (Lipinski definition) is 0. The fourth-order valence-corrected chi connectivity index (χ4v) is 3.78. The number of hydrogen-bond acceptors (Lipinski definition) is 4. The molecule has 1 unspecified atom stereocenters. The van der Waals surface area contributed by atoms with Crippen LogP contribution in [0.4, 0.5) is 13.2 Å². The lowest BCUT2D eigenvalue weighted by Gasteiger charge is -2.37. The number of sulfone groups is 1. The Labute approximate surface area is 143 Å². The highest BCUT2D eigenvalue weighted by Gasteiger charge is 2.47. The van der Waals surface area contributed by atoms with Gasteiger partial charge in [-0.3, -0.25) is 4.98 Å². The second-order valence-corrected chi connectivity index (χ2v) is 8.46. The lowest BCUT2D eigenvalue weighted by molar-refractivity contribution is -0.0436. The van der Waals surface area contributed by atoms with Crippen LogP contribution in [0, 0.1) is 0 Å². The van der Waals surface area contributed by atoms with Crippen LogP contribution in [-0.4, -0.2) is 24.5 Å². The maximum atomic E-state index is 12.9. The molecule has 8 heteroatoms. The van der Waals surface area contributed by atoms with E-state index in [1.54, 1.807) is 24.4 Å². The van der Waals surface area contributed by atoms with Crippen LogP contribution in [0.3, 0.4) is 0 Å². The number of alkyl halides is 3. The van der Waals surface area contributed by atoms with E-state index >= 15 is 0 Å². The van der Waals surface area contributed by atoms with E-state index in [-0.39, 0.29) is 5.92 Å². The van der Waals surface area contributed by atoms with Gasteiger partial charge in [-0.1, -0.05) is 6.07 Å². The molecule has 1 aromatic heterocycles. The normalized spacial score (nSPS) is 19.8. The summed E-state index contributed by atoms with van der Waals surface area (Å²) in [6, 6.07) is 8.54. The summed E-state index contributed by atoms with van der Waals surface area (Å²) in [6.45, 7) is 3.73. The molecule has 0 radical (unpaired) electrons. The van der Waals surface area contributed by atoms with Crippen molar-refractivity contribution >= 4 is 9.84 Å². The topological polar surface area (TPSA) is 56.3 Å². The monoisotopic (exact) mass is 371 g/mol. The summed E-state index contributed by atoms with van der Waals surface area (Å²) in [5.41, 5.74) is -4.86. The van der Waals surface area contributed by atoms with Crippen molar-refractivity contribution < 1.29 is 26.3 Å². The number of nitrogens with zero attached hydrogens (tertiary/aromatic N) is 1. The maximum absolute atomic E-state index is 12.9. The number of rotatable bonds is 2. The average molecular weight is 371 g/mol. The maximum Gasteiger partial charge on any atom is 0.501 e. The van der Waals surface area contributed by atoms with Crippen LogP contribution < -0.4 is 4.74 Å². The molecular weight excluding hydrogens is 355 g/mol. The minimum atomic E-state index is -5.42. The van der Waals surface area contributed by atoms with E-state index in [1.807, 2.05) is 13.8 Å². The Morgan fingerprint density at radius 2 is 1.92 bits per heavy atom. The molecule has 1 aliphatic heterocycles. The Hall–Kier alpha value is -2.09. The van der Waals surface area contributed by atoms with Gasteiger partial charge in [0.05, 0.1) is 4.90 Å². The number of pyridine rings is 1. The molecule has 0 bridgehead atoms. The van der Waals surface area contributed by atoms with E-state index in [0.717, 1.165) is 12.1 Å². The van der Waals surface area contributed by atoms with Crippen molar-refractivity contribution in [1.82, 2.24) is 4.98 Å². The third-order valence-corrected chi connectivity index (χ3v) is 5.58. The molecule has 0 amide bonds. The Morgan fingerprint density at radius 3 is 2.52 bits per heavy atom. The van der Waals surface area contributed by atoms with Crippen molar-refractivity contribution in [2.45, 2.75) is 42.2 Å². The van der Waals surface area contributed by atoms with Crippen molar-refractivity contribution in [2.75, 3.05) is 0 Å². The standard InChI is InChI=1S/C17H16F3NO3S/c1-16(2)10-13(14-5-3-4-8-21-14)12-9-11(6-7-15(12)24-16)25(22,23)17(18,19)20/h3-9,13H,10H2,1-2H3. The fourth-order valence-electron chi connectivity index (χ4n) is 2.98. The molecule has 1 atom stereocenters. The van der Waals surface area contributed by atoms with Crippen molar-refractivity contribution in [3.8, 4) is 5.75 Å². The number of benzene rings is 1. The molecular formula is C17H16F3NO3S. The largest absolute Gasteiger partial charge is 0.501 e. The second-order valence-electron chi connectivity index (χ2n) is 6.52. The summed E-state index contributed by atoms with van der Waals surface area (Å²) in [7, 11) is -5.42. The minimum absolute atomic E-state index is 0.358. The Bertz CT molecular complexity index is 893. The zero-order valence-corrected chi connectivity index (χ0v) is 14.4. The van der Waals surface area contributed by atoms with Crippen LogP contribution in [0.2, 0.25) is 0 Å². The van der Waals surface area contributed by atoms with Gasteiger partial charge in [0.15, 0.2) is 0 Å². The van der Waals surface area contributed by atoms with Gasteiger partial charge in [0.2, 0.25) is 0 Å². The average Bonchev–Trinajstić information content (AvgIpc) is 2.52. The smallest absolute Gasteiger partial charge is 0.488 e. The van der Waals surface area contributed by atoms with E-state index < -0.39 is 25.8 Å². The molecule has 134 valence electrons. The Balaban J connectivity index is 2.17. The molecule has 2 aromatic rings. The molecule has 0 aliphatic carbocycles. The first-order chi connectivity index (χ1) is 11.5. The molecule has 0 N–H and O–H groups in total. The molecule has 25 heavy (non-hydrogen) atoms. The van der Waals surface area contributed by atoms with Crippen molar-refractivity contribution in [3.63, 3.8) is 0 Å². The molecule has 0 saturated heterocycles.